The van der Waals surface area contributed by atoms with Gasteiger partial charge in [0.1, 0.15) is 12.6 Å². The molecule has 0 saturated heterocycles. The van der Waals surface area contributed by atoms with E-state index in [1.807, 2.05) is 19.9 Å². The van der Waals surface area contributed by atoms with E-state index >= 15 is 0 Å². The Kier molecular flexibility index (Phi) is 5.16. The maximum Gasteiger partial charge on any atom is 0.325 e. The molecule has 0 bridgehead atoms. The number of carbonyl (C=O) groups is 3. The van der Waals surface area contributed by atoms with Gasteiger partial charge in [-0.25, -0.2) is 0 Å². The van der Waals surface area contributed by atoms with Crippen LogP contribution in [0.5, 0.6) is 0 Å². The Balaban J connectivity index is 2.29. The molecule has 0 fully saturated rings. The zero-order valence-corrected chi connectivity index (χ0v) is 13.4. The van der Waals surface area contributed by atoms with Crippen molar-refractivity contribution in [1.29, 1.82) is 0 Å². The minimum atomic E-state index is -0.655. The summed E-state index contributed by atoms with van der Waals surface area (Å²) in [4.78, 5) is 39.4. The molecular weight excluding hydrogens is 296 g/mol. The summed E-state index contributed by atoms with van der Waals surface area (Å²) >= 11 is 0. The number of carbonyl (C=O) groups excluding carboxylic acids is 3. The highest BCUT2D eigenvalue weighted by molar-refractivity contribution is 5.99. The predicted octanol–water partition coefficient (Wildman–Crippen LogP) is 1.64. The number of ether oxygens (including phenoxy) is 1. The number of esters is 1. The van der Waals surface area contributed by atoms with Gasteiger partial charge in [-0.2, -0.15) is 0 Å². The summed E-state index contributed by atoms with van der Waals surface area (Å²) in [5.41, 5.74) is 0.511. The monoisotopic (exact) mass is 316 g/mol. The van der Waals surface area contributed by atoms with Crippen LogP contribution in [-0.2, 0) is 14.3 Å². The van der Waals surface area contributed by atoms with Crippen LogP contribution in [0.3, 0.4) is 0 Å². The molecule has 6 heteroatoms. The van der Waals surface area contributed by atoms with Crippen LogP contribution < -0.4 is 0 Å². The average Bonchev–Trinajstić information content (AvgIpc) is 2.56. The van der Waals surface area contributed by atoms with Gasteiger partial charge in [-0.1, -0.05) is 32.0 Å². The molecule has 1 aliphatic heterocycles. The lowest BCUT2D eigenvalue weighted by atomic mass is 9.99. The maximum absolute atomic E-state index is 12.7. The molecule has 0 spiro atoms. The minimum Gasteiger partial charge on any atom is -0.468 e. The molecule has 0 aromatic heterocycles. The van der Waals surface area contributed by atoms with Crippen molar-refractivity contribution in [2.45, 2.75) is 19.9 Å². The zero-order valence-electron chi connectivity index (χ0n) is 13.4. The largest absolute Gasteiger partial charge is 0.468 e. The first-order valence-corrected chi connectivity index (χ1v) is 7.39. The number of amides is 2. The Bertz CT molecular complexity index is 625. The lowest BCUT2D eigenvalue weighted by Crippen LogP contribution is -2.54. The summed E-state index contributed by atoms with van der Waals surface area (Å²) in [7, 11) is 1.27. The molecule has 0 radical (unpaired) electrons. The molecule has 2 amide bonds. The molecule has 6 nitrogen and oxygen atoms in total. The maximum atomic E-state index is 12.7. The smallest absolute Gasteiger partial charge is 0.325 e. The third-order valence-electron chi connectivity index (χ3n) is 3.66. The molecule has 23 heavy (non-hydrogen) atoms. The molecule has 0 N–H and O–H groups in total. The first-order valence-electron chi connectivity index (χ1n) is 7.39. The summed E-state index contributed by atoms with van der Waals surface area (Å²) < 4.78 is 4.59. The Morgan fingerprint density at radius 2 is 1.83 bits per heavy atom. The Morgan fingerprint density at radius 1 is 1.17 bits per heavy atom. The van der Waals surface area contributed by atoms with Crippen molar-refractivity contribution in [3.63, 3.8) is 0 Å². The standard InChI is InChI=1S/C17H20N2O4/c1-12(2)15-17(22)18(11-14(20)23-3)9-10-19(15)16(21)13-7-5-4-6-8-13/h4-10,12,15H,11H2,1-3H3. The van der Waals surface area contributed by atoms with Crippen LogP contribution >= 0.6 is 0 Å². The van der Waals surface area contributed by atoms with Gasteiger partial charge in [0.25, 0.3) is 11.8 Å². The van der Waals surface area contributed by atoms with Gasteiger partial charge in [-0.15, -0.1) is 0 Å². The summed E-state index contributed by atoms with van der Waals surface area (Å²) in [5.74, 6) is -1.14. The minimum absolute atomic E-state index is 0.0970. The van der Waals surface area contributed by atoms with Crippen molar-refractivity contribution in [2.24, 2.45) is 5.92 Å². The SMILES string of the molecule is COC(=O)CN1C=CN(C(=O)c2ccccc2)C(C(C)C)C1=O. The third-order valence-corrected chi connectivity index (χ3v) is 3.66. The molecule has 1 heterocycles. The second-order valence-corrected chi connectivity index (χ2v) is 5.61. The molecule has 122 valence electrons. The van der Waals surface area contributed by atoms with Crippen LogP contribution in [0.2, 0.25) is 0 Å². The van der Waals surface area contributed by atoms with Crippen LogP contribution in [0.4, 0.5) is 0 Å². The fourth-order valence-electron chi connectivity index (χ4n) is 2.47. The third kappa shape index (κ3) is 3.59. The molecule has 1 aromatic rings. The quantitative estimate of drug-likeness (QED) is 0.792. The van der Waals surface area contributed by atoms with E-state index in [2.05, 4.69) is 4.74 Å². The van der Waals surface area contributed by atoms with Crippen molar-refractivity contribution >= 4 is 17.8 Å². The Hall–Kier alpha value is -2.63. The highest BCUT2D eigenvalue weighted by Crippen LogP contribution is 2.22. The van der Waals surface area contributed by atoms with Crippen LogP contribution in [0, 0.1) is 5.92 Å². The molecule has 1 aliphatic rings. The Morgan fingerprint density at radius 3 is 2.39 bits per heavy atom. The summed E-state index contributed by atoms with van der Waals surface area (Å²) in [6, 6.07) is 8.13. The van der Waals surface area contributed by atoms with Gasteiger partial charge in [0.15, 0.2) is 0 Å². The van der Waals surface area contributed by atoms with Gasteiger partial charge < -0.3 is 14.5 Å². The van der Waals surface area contributed by atoms with Gasteiger partial charge in [0.05, 0.1) is 7.11 Å². The van der Waals surface area contributed by atoms with E-state index in [4.69, 9.17) is 0 Å². The number of nitrogens with zero attached hydrogens (tertiary/aromatic N) is 2. The molecule has 0 saturated carbocycles. The highest BCUT2D eigenvalue weighted by Gasteiger charge is 2.37. The van der Waals surface area contributed by atoms with Crippen molar-refractivity contribution in [1.82, 2.24) is 9.80 Å². The molecular formula is C17H20N2O4. The average molecular weight is 316 g/mol. The van der Waals surface area contributed by atoms with E-state index < -0.39 is 12.0 Å². The fourth-order valence-corrected chi connectivity index (χ4v) is 2.47. The number of benzene rings is 1. The lowest BCUT2D eigenvalue weighted by molar-refractivity contribution is -0.147. The van der Waals surface area contributed by atoms with Gasteiger partial charge in [0, 0.05) is 18.0 Å². The van der Waals surface area contributed by atoms with Crippen molar-refractivity contribution in [3.8, 4) is 0 Å². The van der Waals surface area contributed by atoms with E-state index in [0.29, 0.717) is 5.56 Å². The molecule has 2 rings (SSSR count). The van der Waals surface area contributed by atoms with Crippen LogP contribution in [0.15, 0.2) is 42.7 Å². The molecule has 1 aromatic carbocycles. The molecule has 1 atom stereocenters. The highest BCUT2D eigenvalue weighted by atomic mass is 16.5. The zero-order chi connectivity index (χ0) is 17.0. The van der Waals surface area contributed by atoms with Gasteiger partial charge in [-0.05, 0) is 18.1 Å². The van der Waals surface area contributed by atoms with E-state index in [-0.39, 0.29) is 24.3 Å². The number of hydrogen-bond donors (Lipinski definition) is 0. The normalized spacial score (nSPS) is 17.6. The van der Waals surface area contributed by atoms with Gasteiger partial charge in [0.2, 0.25) is 0 Å². The summed E-state index contributed by atoms with van der Waals surface area (Å²) in [6.45, 7) is 3.56. The van der Waals surface area contributed by atoms with E-state index in [9.17, 15) is 14.4 Å². The van der Waals surface area contributed by atoms with Crippen LogP contribution in [0.25, 0.3) is 0 Å². The second kappa shape index (κ2) is 7.09. The van der Waals surface area contributed by atoms with Crippen LogP contribution in [0.1, 0.15) is 24.2 Å². The van der Waals surface area contributed by atoms with Crippen molar-refractivity contribution < 1.29 is 19.1 Å². The number of hydrogen-bond acceptors (Lipinski definition) is 4. The second-order valence-electron chi connectivity index (χ2n) is 5.61. The van der Waals surface area contributed by atoms with Crippen molar-refractivity contribution in [2.75, 3.05) is 13.7 Å². The van der Waals surface area contributed by atoms with Gasteiger partial charge >= 0.3 is 5.97 Å². The molecule has 1 unspecified atom stereocenters. The van der Waals surface area contributed by atoms with Crippen LogP contribution in [-0.4, -0.2) is 47.3 Å². The number of methoxy groups -OCH3 is 1. The first-order chi connectivity index (χ1) is 11.0. The van der Waals surface area contributed by atoms with E-state index in [1.165, 1.54) is 23.1 Å². The summed E-state index contributed by atoms with van der Waals surface area (Å²) in [5, 5.41) is 0. The first kappa shape index (κ1) is 16.7. The van der Waals surface area contributed by atoms with Crippen molar-refractivity contribution in [3.05, 3.63) is 48.3 Å². The van der Waals surface area contributed by atoms with E-state index in [0.717, 1.165) is 0 Å². The number of rotatable bonds is 4. The predicted molar refractivity (Wildman–Crippen MR) is 84.1 cm³/mol. The topological polar surface area (TPSA) is 66.9 Å². The Labute approximate surface area is 135 Å². The summed E-state index contributed by atoms with van der Waals surface area (Å²) in [6.07, 6.45) is 2.99. The molecule has 0 aliphatic carbocycles. The van der Waals surface area contributed by atoms with Gasteiger partial charge in [-0.3, -0.25) is 14.4 Å². The fraction of sp³-hybridized carbons (Fsp3) is 0.353. The lowest BCUT2D eigenvalue weighted by Gasteiger charge is -2.37. The van der Waals surface area contributed by atoms with E-state index in [1.54, 1.807) is 30.5 Å².